The number of nitrogens with one attached hydrogen (secondary N) is 1. The Balaban J connectivity index is 1.92. The predicted octanol–water partition coefficient (Wildman–Crippen LogP) is 3.32. The number of fused-ring (bicyclic) bond motifs is 3. The Morgan fingerprint density at radius 2 is 1.89 bits per heavy atom. The van der Waals surface area contributed by atoms with Crippen LogP contribution < -0.4 is 5.32 Å². The maximum Gasteiger partial charge on any atom is 0.321 e. The van der Waals surface area contributed by atoms with Gasteiger partial charge in [0, 0.05) is 0 Å². The number of ether oxygens (including phenoxy) is 1. The van der Waals surface area contributed by atoms with Gasteiger partial charge in [0.25, 0.3) is 0 Å². The summed E-state index contributed by atoms with van der Waals surface area (Å²) in [7, 11) is 0. The number of carbonyl (C=O) groups is 2. The van der Waals surface area contributed by atoms with Crippen LogP contribution in [0.2, 0.25) is 0 Å². The molecule has 0 bridgehead atoms. The van der Waals surface area contributed by atoms with E-state index in [-0.39, 0.29) is 12.5 Å². The van der Waals surface area contributed by atoms with Crippen molar-refractivity contribution in [3.05, 3.63) is 59.7 Å². The Morgan fingerprint density at radius 3 is 2.59 bits per heavy atom. The number of rotatable bonds is 4. The van der Waals surface area contributed by atoms with E-state index >= 15 is 0 Å². The molecule has 2 aromatic carbocycles. The summed E-state index contributed by atoms with van der Waals surface area (Å²) in [5, 5.41) is 2.77. The van der Waals surface area contributed by atoms with Crippen LogP contribution in [0.1, 0.15) is 31.0 Å². The third-order valence-corrected chi connectivity index (χ3v) is 4.98. The minimum Gasteiger partial charge on any atom is -0.465 e. The van der Waals surface area contributed by atoms with Gasteiger partial charge in [0.2, 0.25) is 11.9 Å². The quantitative estimate of drug-likeness (QED) is 0.570. The van der Waals surface area contributed by atoms with Crippen LogP contribution in [-0.2, 0) is 20.7 Å². The Bertz CT molecular complexity index is 1010. The highest BCUT2D eigenvalue weighted by Crippen LogP contribution is 2.38. The van der Waals surface area contributed by atoms with Crippen LogP contribution in [0.3, 0.4) is 0 Å². The molecule has 0 spiro atoms. The molecule has 6 heteroatoms. The topological polar surface area (TPSA) is 73.2 Å². The lowest BCUT2D eigenvalue weighted by atomic mass is 9.89. The van der Waals surface area contributed by atoms with E-state index < -0.39 is 17.9 Å². The van der Waals surface area contributed by atoms with Crippen LogP contribution in [0.4, 0.5) is 5.95 Å². The number of aryl methyl sites for hydroxylation is 1. The maximum atomic E-state index is 12.8. The van der Waals surface area contributed by atoms with Gasteiger partial charge in [-0.3, -0.25) is 14.9 Å². The van der Waals surface area contributed by atoms with Crippen molar-refractivity contribution in [2.75, 3.05) is 11.9 Å². The van der Waals surface area contributed by atoms with Crippen molar-refractivity contribution in [3.63, 3.8) is 0 Å². The van der Waals surface area contributed by atoms with Crippen LogP contribution in [0.5, 0.6) is 0 Å². The summed E-state index contributed by atoms with van der Waals surface area (Å²) >= 11 is 0. The lowest BCUT2D eigenvalue weighted by Crippen LogP contribution is -2.43. The highest BCUT2D eigenvalue weighted by molar-refractivity contribution is 6.07. The summed E-state index contributed by atoms with van der Waals surface area (Å²) in [6, 6.07) is 15.2. The molecule has 138 valence electrons. The van der Waals surface area contributed by atoms with Crippen molar-refractivity contribution in [2.45, 2.75) is 26.3 Å². The zero-order valence-corrected chi connectivity index (χ0v) is 15.3. The molecule has 0 radical (unpaired) electrons. The molecular weight excluding hydrogens is 342 g/mol. The number of nitrogens with zero attached hydrogens (tertiary/aromatic N) is 2. The molecule has 0 aliphatic carbocycles. The molecule has 1 aromatic heterocycles. The molecule has 1 aliphatic heterocycles. The fraction of sp³-hybridized carbons (Fsp3) is 0.286. The van der Waals surface area contributed by atoms with Crippen LogP contribution >= 0.6 is 0 Å². The molecule has 1 N–H and O–H groups in total. The Hall–Kier alpha value is -3.15. The van der Waals surface area contributed by atoms with Gasteiger partial charge in [-0.15, -0.1) is 0 Å². The van der Waals surface area contributed by atoms with Crippen LogP contribution in [0, 0.1) is 5.92 Å². The van der Waals surface area contributed by atoms with Crippen molar-refractivity contribution in [2.24, 2.45) is 5.92 Å². The summed E-state index contributed by atoms with van der Waals surface area (Å²) in [5.41, 5.74) is 3.71. The number of amides is 1. The number of aromatic nitrogens is 2. The van der Waals surface area contributed by atoms with Crippen molar-refractivity contribution in [1.82, 2.24) is 9.55 Å². The minimum atomic E-state index is -0.970. The van der Waals surface area contributed by atoms with Crippen molar-refractivity contribution in [3.8, 4) is 0 Å². The second-order valence-corrected chi connectivity index (χ2v) is 6.55. The summed E-state index contributed by atoms with van der Waals surface area (Å²) in [6.07, 6.45) is 0.923. The van der Waals surface area contributed by atoms with Crippen molar-refractivity contribution in [1.29, 1.82) is 0 Å². The van der Waals surface area contributed by atoms with Gasteiger partial charge < -0.3 is 9.30 Å². The second-order valence-electron chi connectivity index (χ2n) is 6.55. The maximum absolute atomic E-state index is 12.8. The average molecular weight is 363 g/mol. The molecule has 0 unspecified atom stereocenters. The monoisotopic (exact) mass is 363 g/mol. The molecule has 1 aliphatic rings. The molecule has 3 aromatic rings. The van der Waals surface area contributed by atoms with E-state index in [1.54, 1.807) is 6.92 Å². The molecule has 4 rings (SSSR count). The summed E-state index contributed by atoms with van der Waals surface area (Å²) < 4.78 is 7.15. The molecule has 2 heterocycles. The Labute approximate surface area is 157 Å². The van der Waals surface area contributed by atoms with E-state index in [4.69, 9.17) is 4.74 Å². The summed E-state index contributed by atoms with van der Waals surface area (Å²) in [6.45, 7) is 4.05. The van der Waals surface area contributed by atoms with E-state index in [1.165, 1.54) is 5.56 Å². The van der Waals surface area contributed by atoms with Crippen molar-refractivity contribution >= 4 is 28.9 Å². The smallest absolute Gasteiger partial charge is 0.321 e. The van der Waals surface area contributed by atoms with Crippen LogP contribution in [0.15, 0.2) is 48.5 Å². The number of anilines is 1. The van der Waals surface area contributed by atoms with E-state index in [2.05, 4.69) is 17.2 Å². The van der Waals surface area contributed by atoms with E-state index in [9.17, 15) is 9.59 Å². The second kappa shape index (κ2) is 6.87. The third kappa shape index (κ3) is 2.87. The average Bonchev–Trinajstić information content (AvgIpc) is 3.05. The Morgan fingerprint density at radius 1 is 1.15 bits per heavy atom. The van der Waals surface area contributed by atoms with Gasteiger partial charge in [-0.05, 0) is 36.6 Å². The Kier molecular flexibility index (Phi) is 4.39. The first-order chi connectivity index (χ1) is 13.1. The van der Waals surface area contributed by atoms with Gasteiger partial charge in [0.1, 0.15) is 0 Å². The first-order valence-corrected chi connectivity index (χ1v) is 9.17. The molecule has 0 saturated heterocycles. The zero-order chi connectivity index (χ0) is 19.0. The third-order valence-electron chi connectivity index (χ3n) is 4.98. The minimum absolute atomic E-state index is 0.224. The zero-order valence-electron chi connectivity index (χ0n) is 15.3. The van der Waals surface area contributed by atoms with Gasteiger partial charge in [-0.2, -0.15) is 0 Å². The van der Waals surface area contributed by atoms with Crippen LogP contribution in [0.25, 0.3) is 11.0 Å². The highest BCUT2D eigenvalue weighted by Gasteiger charge is 2.44. The largest absolute Gasteiger partial charge is 0.465 e. The highest BCUT2D eigenvalue weighted by atomic mass is 16.5. The lowest BCUT2D eigenvalue weighted by molar-refractivity contribution is -0.152. The number of para-hydroxylation sites is 2. The summed E-state index contributed by atoms with van der Waals surface area (Å²) in [5.74, 6) is -1.43. The predicted molar refractivity (Wildman–Crippen MR) is 102 cm³/mol. The SMILES string of the molecule is CCOC(=O)[C@@H]1C(=O)Nc2nc3ccccc3n2[C@@H]1c1ccc(CC)cc1. The number of carbonyl (C=O) groups excluding carboxylic acids is 2. The van der Waals surface area contributed by atoms with Gasteiger partial charge in [0.05, 0.1) is 23.7 Å². The van der Waals surface area contributed by atoms with E-state index in [1.807, 2.05) is 53.1 Å². The first kappa shape index (κ1) is 17.3. The van der Waals surface area contributed by atoms with Gasteiger partial charge >= 0.3 is 5.97 Å². The number of benzene rings is 2. The van der Waals surface area contributed by atoms with Gasteiger partial charge in [-0.1, -0.05) is 43.3 Å². The molecule has 2 atom stereocenters. The fourth-order valence-electron chi connectivity index (χ4n) is 3.65. The standard InChI is InChI=1S/C21H21N3O3/c1-3-13-9-11-14(12-10-13)18-17(20(26)27-4-2)19(25)23-21-22-15-7-5-6-8-16(15)24(18)21/h5-12,17-18H,3-4H2,1-2H3,(H,22,23,25)/t17-,18+/m0/s1. The lowest BCUT2D eigenvalue weighted by Gasteiger charge is -2.32. The fourth-order valence-corrected chi connectivity index (χ4v) is 3.65. The molecule has 27 heavy (non-hydrogen) atoms. The molecule has 1 amide bonds. The first-order valence-electron chi connectivity index (χ1n) is 9.17. The molecule has 0 saturated carbocycles. The molecule has 6 nitrogen and oxygen atoms in total. The van der Waals surface area contributed by atoms with Gasteiger partial charge in [0.15, 0.2) is 5.92 Å². The molecular formula is C21H21N3O3. The number of hydrogen-bond acceptors (Lipinski definition) is 4. The van der Waals surface area contributed by atoms with Crippen LogP contribution in [-0.4, -0.2) is 28.0 Å². The van der Waals surface area contributed by atoms with Gasteiger partial charge in [-0.25, -0.2) is 4.98 Å². The van der Waals surface area contributed by atoms with E-state index in [0.29, 0.717) is 5.95 Å². The van der Waals surface area contributed by atoms with Crippen molar-refractivity contribution < 1.29 is 14.3 Å². The molecule has 0 fully saturated rings. The number of hydrogen-bond donors (Lipinski definition) is 1. The number of imidazole rings is 1. The van der Waals surface area contributed by atoms with E-state index in [0.717, 1.165) is 23.0 Å². The summed E-state index contributed by atoms with van der Waals surface area (Å²) in [4.78, 5) is 30.0. The normalized spacial score (nSPS) is 18.8. The number of esters is 1.